The molecule has 1 saturated heterocycles. The molecule has 88 valence electrons. The number of ether oxygens (including phenoxy) is 1. The van der Waals surface area contributed by atoms with Crippen LogP contribution in [-0.2, 0) is 11.2 Å². The first-order valence-electron chi connectivity index (χ1n) is 5.69. The van der Waals surface area contributed by atoms with Crippen molar-refractivity contribution in [3.63, 3.8) is 0 Å². The Balaban J connectivity index is 1.96. The number of hydrogen-bond acceptors (Lipinski definition) is 3. The van der Waals surface area contributed by atoms with Crippen LogP contribution in [0.2, 0.25) is 0 Å². The zero-order valence-corrected chi connectivity index (χ0v) is 10.4. The Labute approximate surface area is 101 Å². The lowest BCUT2D eigenvalue weighted by Gasteiger charge is -2.27. The van der Waals surface area contributed by atoms with Gasteiger partial charge in [-0.2, -0.15) is 11.8 Å². The van der Waals surface area contributed by atoms with Crippen molar-refractivity contribution >= 4 is 11.8 Å². The molecule has 0 radical (unpaired) electrons. The number of thioether (sulfide) groups is 1. The molecule has 1 heterocycles. The predicted octanol–water partition coefficient (Wildman–Crippen LogP) is 2.03. The van der Waals surface area contributed by atoms with E-state index < -0.39 is 0 Å². The molecule has 1 aliphatic heterocycles. The van der Waals surface area contributed by atoms with Gasteiger partial charge in [-0.1, -0.05) is 24.3 Å². The quantitative estimate of drug-likeness (QED) is 0.873. The summed E-state index contributed by atoms with van der Waals surface area (Å²) >= 11 is 1.86. The van der Waals surface area contributed by atoms with Crippen molar-refractivity contribution in [2.75, 3.05) is 18.1 Å². The van der Waals surface area contributed by atoms with Crippen molar-refractivity contribution in [2.24, 2.45) is 0 Å². The van der Waals surface area contributed by atoms with Crippen LogP contribution in [0.25, 0.3) is 0 Å². The zero-order valence-electron chi connectivity index (χ0n) is 9.56. The molecule has 2 unspecified atom stereocenters. The van der Waals surface area contributed by atoms with E-state index in [0.717, 1.165) is 18.1 Å². The van der Waals surface area contributed by atoms with Crippen molar-refractivity contribution in [1.29, 1.82) is 0 Å². The summed E-state index contributed by atoms with van der Waals surface area (Å²) in [6.45, 7) is 2.85. The molecular formula is C13H18O2S. The highest BCUT2D eigenvalue weighted by Crippen LogP contribution is 2.19. The van der Waals surface area contributed by atoms with Crippen LogP contribution in [0, 0.1) is 6.92 Å². The largest absolute Gasteiger partial charge is 0.390 e. The standard InChI is InChI=1S/C13H18O2S/c1-10-4-2-3-5-11(10)8-12(14)13-9-16-7-6-15-13/h2-5,12-14H,6-9H2,1H3. The minimum atomic E-state index is -0.381. The number of hydrogen-bond donors (Lipinski definition) is 1. The highest BCUT2D eigenvalue weighted by Gasteiger charge is 2.23. The minimum Gasteiger partial charge on any atom is -0.390 e. The minimum absolute atomic E-state index is 0.00152. The Morgan fingerprint density at radius 2 is 2.31 bits per heavy atom. The second-order valence-corrected chi connectivity index (χ2v) is 5.33. The van der Waals surface area contributed by atoms with E-state index in [1.54, 1.807) is 0 Å². The third-order valence-electron chi connectivity index (χ3n) is 2.96. The van der Waals surface area contributed by atoms with E-state index >= 15 is 0 Å². The van der Waals surface area contributed by atoms with Gasteiger partial charge in [0.1, 0.15) is 0 Å². The highest BCUT2D eigenvalue weighted by molar-refractivity contribution is 7.99. The number of aryl methyl sites for hydroxylation is 1. The summed E-state index contributed by atoms with van der Waals surface area (Å²) in [5.41, 5.74) is 2.46. The molecule has 0 spiro atoms. The molecule has 1 N–H and O–H groups in total. The first-order valence-corrected chi connectivity index (χ1v) is 6.85. The summed E-state index contributed by atoms with van der Waals surface area (Å²) in [6, 6.07) is 8.21. The molecule has 2 rings (SSSR count). The molecule has 0 saturated carbocycles. The Hall–Kier alpha value is -0.510. The van der Waals surface area contributed by atoms with Crippen LogP contribution in [0.3, 0.4) is 0 Å². The maximum absolute atomic E-state index is 10.1. The van der Waals surface area contributed by atoms with Crippen LogP contribution in [0.15, 0.2) is 24.3 Å². The van der Waals surface area contributed by atoms with E-state index in [9.17, 15) is 5.11 Å². The molecular weight excluding hydrogens is 220 g/mol. The fourth-order valence-electron chi connectivity index (χ4n) is 1.92. The van der Waals surface area contributed by atoms with E-state index in [4.69, 9.17) is 4.74 Å². The number of benzene rings is 1. The van der Waals surface area contributed by atoms with Gasteiger partial charge in [-0.05, 0) is 18.1 Å². The topological polar surface area (TPSA) is 29.5 Å². The first-order chi connectivity index (χ1) is 7.77. The summed E-state index contributed by atoms with van der Waals surface area (Å²) in [5, 5.41) is 10.1. The van der Waals surface area contributed by atoms with Crippen LogP contribution >= 0.6 is 11.8 Å². The second-order valence-electron chi connectivity index (χ2n) is 4.18. The molecule has 1 fully saturated rings. The third-order valence-corrected chi connectivity index (χ3v) is 3.98. The normalized spacial score (nSPS) is 23.0. The van der Waals surface area contributed by atoms with E-state index in [1.807, 2.05) is 23.9 Å². The molecule has 0 aromatic heterocycles. The van der Waals surface area contributed by atoms with Crippen molar-refractivity contribution in [2.45, 2.75) is 25.6 Å². The predicted molar refractivity (Wildman–Crippen MR) is 68.0 cm³/mol. The van der Waals surface area contributed by atoms with Crippen molar-refractivity contribution in [1.82, 2.24) is 0 Å². The lowest BCUT2D eigenvalue weighted by atomic mass is 10.0. The molecule has 0 amide bonds. The fraction of sp³-hybridized carbons (Fsp3) is 0.538. The van der Waals surface area contributed by atoms with Gasteiger partial charge in [0.2, 0.25) is 0 Å². The Kier molecular flexibility index (Phi) is 4.27. The van der Waals surface area contributed by atoms with Gasteiger partial charge in [0, 0.05) is 17.9 Å². The summed E-state index contributed by atoms with van der Waals surface area (Å²) in [7, 11) is 0. The average Bonchev–Trinajstić information content (AvgIpc) is 2.33. The zero-order chi connectivity index (χ0) is 11.4. The maximum atomic E-state index is 10.1. The van der Waals surface area contributed by atoms with Crippen LogP contribution in [0.1, 0.15) is 11.1 Å². The molecule has 3 heteroatoms. The lowest BCUT2D eigenvalue weighted by molar-refractivity contribution is -0.0208. The maximum Gasteiger partial charge on any atom is 0.0927 e. The molecule has 0 aliphatic carbocycles. The van der Waals surface area contributed by atoms with Gasteiger partial charge in [-0.15, -0.1) is 0 Å². The summed E-state index contributed by atoms with van der Waals surface area (Å²) in [6.07, 6.45) is 0.310. The van der Waals surface area contributed by atoms with Gasteiger partial charge in [-0.25, -0.2) is 0 Å². The monoisotopic (exact) mass is 238 g/mol. The Morgan fingerprint density at radius 1 is 1.50 bits per heavy atom. The van der Waals surface area contributed by atoms with Crippen molar-refractivity contribution in [3.05, 3.63) is 35.4 Å². The van der Waals surface area contributed by atoms with Crippen LogP contribution < -0.4 is 0 Å². The van der Waals surface area contributed by atoms with Crippen molar-refractivity contribution in [3.8, 4) is 0 Å². The van der Waals surface area contributed by atoms with E-state index in [-0.39, 0.29) is 12.2 Å². The number of aliphatic hydroxyl groups is 1. The molecule has 0 bridgehead atoms. The first kappa shape index (κ1) is 12.0. The lowest BCUT2D eigenvalue weighted by Crippen LogP contribution is -2.36. The van der Waals surface area contributed by atoms with Gasteiger partial charge < -0.3 is 9.84 Å². The Morgan fingerprint density at radius 3 is 3.00 bits per heavy atom. The van der Waals surface area contributed by atoms with Gasteiger partial charge in [-0.3, -0.25) is 0 Å². The number of aliphatic hydroxyl groups excluding tert-OH is 1. The Bertz CT molecular complexity index is 334. The smallest absolute Gasteiger partial charge is 0.0927 e. The summed E-state index contributed by atoms with van der Waals surface area (Å²) in [4.78, 5) is 0. The molecule has 16 heavy (non-hydrogen) atoms. The molecule has 1 aromatic rings. The summed E-state index contributed by atoms with van der Waals surface area (Å²) in [5.74, 6) is 1.96. The van der Waals surface area contributed by atoms with E-state index in [2.05, 4.69) is 19.1 Å². The summed E-state index contributed by atoms with van der Waals surface area (Å²) < 4.78 is 5.58. The molecule has 2 atom stereocenters. The van der Waals surface area contributed by atoms with Gasteiger partial charge in [0.05, 0.1) is 18.8 Å². The van der Waals surface area contributed by atoms with Crippen LogP contribution in [-0.4, -0.2) is 35.4 Å². The number of rotatable bonds is 3. The molecule has 1 aromatic carbocycles. The molecule has 2 nitrogen and oxygen atoms in total. The van der Waals surface area contributed by atoms with Gasteiger partial charge >= 0.3 is 0 Å². The van der Waals surface area contributed by atoms with Crippen LogP contribution in [0.4, 0.5) is 0 Å². The van der Waals surface area contributed by atoms with Crippen molar-refractivity contribution < 1.29 is 9.84 Å². The molecule has 1 aliphatic rings. The SMILES string of the molecule is Cc1ccccc1CC(O)C1CSCCO1. The highest BCUT2D eigenvalue weighted by atomic mass is 32.2. The average molecular weight is 238 g/mol. The third kappa shape index (κ3) is 3.00. The fourth-order valence-corrected chi connectivity index (χ4v) is 2.86. The van der Waals surface area contributed by atoms with Crippen LogP contribution in [0.5, 0.6) is 0 Å². The van der Waals surface area contributed by atoms with Gasteiger partial charge in [0.15, 0.2) is 0 Å². The second kappa shape index (κ2) is 5.71. The van der Waals surface area contributed by atoms with E-state index in [1.165, 1.54) is 11.1 Å². The van der Waals surface area contributed by atoms with E-state index in [0.29, 0.717) is 6.42 Å². The van der Waals surface area contributed by atoms with Gasteiger partial charge in [0.25, 0.3) is 0 Å².